The fourth-order valence-corrected chi connectivity index (χ4v) is 3.08. The smallest absolute Gasteiger partial charge is 0.161 e. The summed E-state index contributed by atoms with van der Waals surface area (Å²) in [6.07, 6.45) is 4.32. The van der Waals surface area contributed by atoms with Gasteiger partial charge in [0, 0.05) is 0 Å². The third-order valence-corrected chi connectivity index (χ3v) is 4.40. The molecule has 3 nitrogen and oxygen atoms in total. The van der Waals surface area contributed by atoms with Gasteiger partial charge in [0.05, 0.1) is 14.2 Å². The highest BCUT2D eigenvalue weighted by Gasteiger charge is 2.16. The molecule has 0 aliphatic heterocycles. The van der Waals surface area contributed by atoms with Crippen molar-refractivity contribution in [3.05, 3.63) is 101 Å². The van der Waals surface area contributed by atoms with Crippen molar-refractivity contribution in [2.24, 2.45) is 5.73 Å². The summed E-state index contributed by atoms with van der Waals surface area (Å²) in [5, 5.41) is 0. The number of hydrogen-bond acceptors (Lipinski definition) is 3. The summed E-state index contributed by atoms with van der Waals surface area (Å²) in [6.45, 7) is 0.551. The van der Waals surface area contributed by atoms with Crippen LogP contribution in [-0.4, -0.2) is 20.8 Å². The molecule has 0 saturated carbocycles. The summed E-state index contributed by atoms with van der Waals surface area (Å²) in [5.74, 6) is 1.40. The molecule has 137 valence electrons. The van der Waals surface area contributed by atoms with E-state index in [0.717, 1.165) is 34.2 Å². The van der Waals surface area contributed by atoms with Gasteiger partial charge < -0.3 is 15.2 Å². The maximum absolute atomic E-state index is 5.88. The average molecular weight is 358 g/mol. The Bertz CT molecular complexity index is 902. The molecule has 2 N–H and O–H groups in total. The first-order valence-corrected chi connectivity index (χ1v) is 8.96. The third kappa shape index (κ3) is 4.39. The van der Waals surface area contributed by atoms with Crippen LogP contribution < -0.4 is 15.2 Å². The second-order valence-corrected chi connectivity index (χ2v) is 6.14. The Morgan fingerprint density at radius 2 is 1.44 bits per heavy atom. The van der Waals surface area contributed by atoms with Crippen LogP contribution in [0.3, 0.4) is 0 Å². The molecule has 0 heterocycles. The molecule has 1 radical (unpaired) electrons. The topological polar surface area (TPSA) is 44.5 Å². The molecule has 0 aromatic heterocycles. The highest BCUT2D eigenvalue weighted by molar-refractivity contribution is 5.82. The molecule has 0 aliphatic rings. The third-order valence-electron chi connectivity index (χ3n) is 4.40. The van der Waals surface area contributed by atoms with Gasteiger partial charge in [-0.3, -0.25) is 0 Å². The highest BCUT2D eigenvalue weighted by atomic mass is 16.5. The zero-order valence-corrected chi connectivity index (χ0v) is 15.7. The van der Waals surface area contributed by atoms with Crippen LogP contribution in [0.5, 0.6) is 11.5 Å². The van der Waals surface area contributed by atoms with Crippen LogP contribution in [0.25, 0.3) is 5.57 Å². The van der Waals surface area contributed by atoms with Gasteiger partial charge in [0.15, 0.2) is 11.5 Å². The zero-order valence-electron chi connectivity index (χ0n) is 15.7. The molecule has 0 bridgehead atoms. The van der Waals surface area contributed by atoms with Crippen molar-refractivity contribution >= 4 is 5.57 Å². The summed E-state index contributed by atoms with van der Waals surface area (Å²) in [6, 6.07) is 24.4. The fraction of sp³-hybridized carbons (Fsp3) is 0.167. The Hall–Kier alpha value is -3.04. The number of hydrogen-bond donors (Lipinski definition) is 1. The van der Waals surface area contributed by atoms with Crippen molar-refractivity contribution in [3.8, 4) is 11.5 Å². The summed E-state index contributed by atoms with van der Waals surface area (Å²) < 4.78 is 11.0. The molecule has 0 fully saturated rings. The highest BCUT2D eigenvalue weighted by Crippen LogP contribution is 2.36. The standard InChI is InChI=1S/C24H24NO2/c1-26-23-16-20(13-14-25)22(17-24(23)27-2)21(19-11-7-4-8-12-19)15-18-9-5-3-6-10-18/h3-12,16-17H,13-14,25H2,1-2H3. The number of nitrogens with two attached hydrogens (primary N) is 1. The first-order chi connectivity index (χ1) is 13.3. The molecule has 0 atom stereocenters. The summed E-state index contributed by atoms with van der Waals surface area (Å²) in [7, 11) is 3.30. The van der Waals surface area contributed by atoms with Crippen LogP contribution in [-0.2, 0) is 6.42 Å². The molecule has 0 spiro atoms. The van der Waals surface area contributed by atoms with Gasteiger partial charge in [0.25, 0.3) is 0 Å². The van der Waals surface area contributed by atoms with Gasteiger partial charge in [-0.1, -0.05) is 60.7 Å². The maximum atomic E-state index is 5.88. The second kappa shape index (κ2) is 9.06. The Labute approximate surface area is 161 Å². The molecule has 3 aromatic carbocycles. The minimum Gasteiger partial charge on any atom is -0.493 e. The van der Waals surface area contributed by atoms with E-state index in [9.17, 15) is 0 Å². The van der Waals surface area contributed by atoms with Gasteiger partial charge in [-0.05, 0) is 59.0 Å². The minimum atomic E-state index is 0.551. The van der Waals surface area contributed by atoms with E-state index in [1.54, 1.807) is 14.2 Å². The summed E-state index contributed by atoms with van der Waals surface area (Å²) in [4.78, 5) is 0. The van der Waals surface area contributed by atoms with Gasteiger partial charge in [0.2, 0.25) is 0 Å². The van der Waals surface area contributed by atoms with E-state index in [1.165, 1.54) is 0 Å². The molecule has 27 heavy (non-hydrogen) atoms. The van der Waals surface area contributed by atoms with Gasteiger partial charge in [0.1, 0.15) is 0 Å². The first kappa shape index (κ1) is 18.7. The van der Waals surface area contributed by atoms with Crippen molar-refractivity contribution in [3.63, 3.8) is 0 Å². The Balaban J connectivity index is 2.24. The van der Waals surface area contributed by atoms with E-state index < -0.39 is 0 Å². The van der Waals surface area contributed by atoms with E-state index in [2.05, 4.69) is 18.2 Å². The van der Waals surface area contributed by atoms with E-state index in [0.29, 0.717) is 18.0 Å². The number of methoxy groups -OCH3 is 2. The summed E-state index contributed by atoms with van der Waals surface area (Å²) in [5.41, 5.74) is 11.2. The van der Waals surface area contributed by atoms with Crippen LogP contribution in [0.4, 0.5) is 0 Å². The molecule has 3 rings (SSSR count). The summed E-state index contributed by atoms with van der Waals surface area (Å²) >= 11 is 0. The average Bonchev–Trinajstić information content (AvgIpc) is 2.73. The van der Waals surface area contributed by atoms with Crippen LogP contribution in [0.2, 0.25) is 0 Å². The van der Waals surface area contributed by atoms with E-state index in [4.69, 9.17) is 15.2 Å². The monoisotopic (exact) mass is 358 g/mol. The van der Waals surface area contributed by atoms with Crippen molar-refractivity contribution in [2.45, 2.75) is 6.42 Å². The molecule has 3 heteroatoms. The largest absolute Gasteiger partial charge is 0.493 e. The number of ether oxygens (including phenoxy) is 2. The molecule has 0 unspecified atom stereocenters. The lowest BCUT2D eigenvalue weighted by Gasteiger charge is -2.17. The second-order valence-electron chi connectivity index (χ2n) is 6.14. The fourth-order valence-electron chi connectivity index (χ4n) is 3.08. The Morgan fingerprint density at radius 3 is 2.04 bits per heavy atom. The molecular formula is C24H24NO2. The molecule has 3 aromatic rings. The van der Waals surface area contributed by atoms with Crippen molar-refractivity contribution in [1.82, 2.24) is 0 Å². The lowest BCUT2D eigenvalue weighted by molar-refractivity contribution is 0.354. The number of rotatable bonds is 7. The van der Waals surface area contributed by atoms with Crippen LogP contribution in [0.1, 0.15) is 22.3 Å². The van der Waals surface area contributed by atoms with E-state index in [-0.39, 0.29) is 0 Å². The van der Waals surface area contributed by atoms with Gasteiger partial charge >= 0.3 is 0 Å². The van der Waals surface area contributed by atoms with E-state index >= 15 is 0 Å². The normalized spacial score (nSPS) is 11.3. The van der Waals surface area contributed by atoms with Crippen LogP contribution in [0, 0.1) is 6.08 Å². The van der Waals surface area contributed by atoms with E-state index in [1.807, 2.05) is 60.7 Å². The Kier molecular flexibility index (Phi) is 6.29. The number of benzene rings is 3. The predicted octanol–water partition coefficient (Wildman–Crippen LogP) is 4.49. The quantitative estimate of drug-likeness (QED) is 0.633. The van der Waals surface area contributed by atoms with Crippen molar-refractivity contribution in [1.29, 1.82) is 0 Å². The maximum Gasteiger partial charge on any atom is 0.161 e. The lowest BCUT2D eigenvalue weighted by Crippen LogP contribution is -2.07. The molecule has 0 saturated heterocycles. The molecular weight excluding hydrogens is 334 g/mol. The van der Waals surface area contributed by atoms with Crippen LogP contribution >= 0.6 is 0 Å². The Morgan fingerprint density at radius 1 is 0.852 bits per heavy atom. The molecule has 0 amide bonds. The molecule has 0 aliphatic carbocycles. The lowest BCUT2D eigenvalue weighted by atomic mass is 9.90. The van der Waals surface area contributed by atoms with Crippen LogP contribution in [0.15, 0.2) is 72.8 Å². The predicted molar refractivity (Wildman–Crippen MR) is 110 cm³/mol. The van der Waals surface area contributed by atoms with Gasteiger partial charge in [-0.15, -0.1) is 0 Å². The minimum absolute atomic E-state index is 0.551. The van der Waals surface area contributed by atoms with Crippen molar-refractivity contribution in [2.75, 3.05) is 20.8 Å². The van der Waals surface area contributed by atoms with Crippen molar-refractivity contribution < 1.29 is 9.47 Å². The van der Waals surface area contributed by atoms with Gasteiger partial charge in [-0.25, -0.2) is 0 Å². The van der Waals surface area contributed by atoms with Gasteiger partial charge in [-0.2, -0.15) is 0 Å². The SMILES string of the molecule is COc1cc(CCN)c(C(=[C]c2ccccc2)c2ccccc2)cc1OC. The first-order valence-electron chi connectivity index (χ1n) is 8.96. The zero-order chi connectivity index (χ0) is 19.1.